The van der Waals surface area contributed by atoms with Gasteiger partial charge in [0.1, 0.15) is 5.52 Å². The van der Waals surface area contributed by atoms with Crippen molar-refractivity contribution in [2.24, 2.45) is 7.05 Å². The van der Waals surface area contributed by atoms with E-state index in [9.17, 15) is 4.79 Å². The van der Waals surface area contributed by atoms with E-state index in [-0.39, 0.29) is 11.4 Å². The van der Waals surface area contributed by atoms with Crippen LogP contribution in [-0.2, 0) is 7.05 Å². The predicted octanol–water partition coefficient (Wildman–Crippen LogP) is 1.69. The average Bonchev–Trinajstić information content (AvgIpc) is 3.01. The lowest BCUT2D eigenvalue weighted by Gasteiger charge is -2.19. The van der Waals surface area contributed by atoms with Crippen molar-refractivity contribution < 1.29 is 9.48 Å². The highest BCUT2D eigenvalue weighted by Crippen LogP contribution is 2.19. The molecule has 4 N–H and O–H groups in total. The van der Waals surface area contributed by atoms with Gasteiger partial charge in [0.05, 0.1) is 17.8 Å². The Morgan fingerprint density at radius 2 is 2.08 bits per heavy atom. The van der Waals surface area contributed by atoms with Crippen molar-refractivity contribution >= 4 is 28.7 Å². The van der Waals surface area contributed by atoms with Crippen molar-refractivity contribution in [2.75, 3.05) is 5.32 Å². The third-order valence-corrected chi connectivity index (χ3v) is 3.55. The Morgan fingerprint density at radius 1 is 1.33 bits per heavy atom. The molecule has 24 heavy (non-hydrogen) atoms. The van der Waals surface area contributed by atoms with Crippen molar-refractivity contribution in [3.8, 4) is 0 Å². The Morgan fingerprint density at radius 3 is 2.71 bits per heavy atom. The second kappa shape index (κ2) is 5.63. The van der Waals surface area contributed by atoms with Crippen molar-refractivity contribution in [1.82, 2.24) is 25.4 Å². The van der Waals surface area contributed by atoms with E-state index in [1.807, 2.05) is 45.5 Å². The fourth-order valence-electron chi connectivity index (χ4n) is 2.34. The average molecular weight is 328 g/mol. The zero-order valence-electron chi connectivity index (χ0n) is 14.5. The topological polar surface area (TPSA) is 102 Å². The number of nitrogens with zero attached hydrogens (tertiary/aromatic N) is 3. The lowest BCUT2D eigenvalue weighted by molar-refractivity contribution is -0.731. The van der Waals surface area contributed by atoms with E-state index >= 15 is 0 Å². The standard InChI is InChI=1S/C16H21N7O/c1-9-6-11(22-23(9)5)19-12-8-18-14-13(20-12)10(7-17-14)15(24)21-16(2,3)4/h6-8H,1-5H3,(H3,17,18,19,20,21,22,24)/p+1. The van der Waals surface area contributed by atoms with Crippen LogP contribution in [0.3, 0.4) is 0 Å². The van der Waals surface area contributed by atoms with E-state index in [1.165, 1.54) is 0 Å². The SMILES string of the molecule is Cc1cc(Nc2cnc3[nH]cc(C(=O)NC(C)(C)C)c3n2)[nH][n+]1C. The number of anilines is 2. The van der Waals surface area contributed by atoms with Gasteiger partial charge in [-0.15, -0.1) is 9.78 Å². The van der Waals surface area contributed by atoms with Gasteiger partial charge < -0.3 is 15.6 Å². The fourth-order valence-corrected chi connectivity index (χ4v) is 2.34. The Hall–Kier alpha value is -2.90. The highest BCUT2D eigenvalue weighted by Gasteiger charge is 2.20. The van der Waals surface area contributed by atoms with E-state index < -0.39 is 0 Å². The molecule has 0 aliphatic heterocycles. The van der Waals surface area contributed by atoms with Crippen LogP contribution in [0.15, 0.2) is 18.5 Å². The largest absolute Gasteiger partial charge is 0.347 e. The van der Waals surface area contributed by atoms with Gasteiger partial charge in [0.2, 0.25) is 5.69 Å². The molecule has 0 bridgehead atoms. The molecule has 0 atom stereocenters. The summed E-state index contributed by atoms with van der Waals surface area (Å²) in [6.45, 7) is 7.81. The molecule has 0 spiro atoms. The second-order valence-corrected chi connectivity index (χ2v) is 6.85. The molecular weight excluding hydrogens is 306 g/mol. The molecule has 0 aliphatic rings. The van der Waals surface area contributed by atoms with Gasteiger partial charge in [-0.25, -0.2) is 9.97 Å². The number of H-pyrrole nitrogens is 2. The maximum absolute atomic E-state index is 12.4. The van der Waals surface area contributed by atoms with Gasteiger partial charge in [-0.3, -0.25) is 4.79 Å². The van der Waals surface area contributed by atoms with Crippen LogP contribution in [0.25, 0.3) is 11.2 Å². The molecule has 0 saturated heterocycles. The predicted molar refractivity (Wildman–Crippen MR) is 91.1 cm³/mol. The zero-order valence-corrected chi connectivity index (χ0v) is 14.5. The molecule has 3 rings (SSSR count). The van der Waals surface area contributed by atoms with Crippen molar-refractivity contribution in [1.29, 1.82) is 0 Å². The lowest BCUT2D eigenvalue weighted by atomic mass is 10.1. The zero-order chi connectivity index (χ0) is 17.5. The van der Waals surface area contributed by atoms with Crippen molar-refractivity contribution in [2.45, 2.75) is 33.2 Å². The fraction of sp³-hybridized carbons (Fsp3) is 0.375. The Bertz CT molecular complexity index is 881. The smallest absolute Gasteiger partial charge is 0.255 e. The number of hydrogen-bond acceptors (Lipinski definition) is 4. The van der Waals surface area contributed by atoms with Gasteiger partial charge in [-0.05, 0) is 20.8 Å². The summed E-state index contributed by atoms with van der Waals surface area (Å²) in [5.74, 6) is 1.19. The van der Waals surface area contributed by atoms with Gasteiger partial charge >= 0.3 is 0 Å². The van der Waals surface area contributed by atoms with Crippen molar-refractivity contribution in [3.05, 3.63) is 29.7 Å². The minimum Gasteiger partial charge on any atom is -0.347 e. The summed E-state index contributed by atoms with van der Waals surface area (Å²) in [4.78, 5) is 24.3. The van der Waals surface area contributed by atoms with E-state index in [0.717, 1.165) is 11.5 Å². The summed E-state index contributed by atoms with van der Waals surface area (Å²) in [5, 5.41) is 9.26. The summed E-state index contributed by atoms with van der Waals surface area (Å²) in [5.41, 5.74) is 2.35. The molecule has 0 unspecified atom stereocenters. The first-order valence-electron chi connectivity index (χ1n) is 7.72. The summed E-state index contributed by atoms with van der Waals surface area (Å²) in [6.07, 6.45) is 3.26. The molecule has 8 nitrogen and oxygen atoms in total. The maximum atomic E-state index is 12.4. The molecule has 126 valence electrons. The number of aromatic nitrogens is 5. The number of aromatic amines is 2. The molecule has 1 amide bonds. The van der Waals surface area contributed by atoms with Gasteiger partial charge in [0.25, 0.3) is 5.91 Å². The van der Waals surface area contributed by atoms with Crippen molar-refractivity contribution in [3.63, 3.8) is 0 Å². The van der Waals surface area contributed by atoms with Crippen LogP contribution >= 0.6 is 0 Å². The summed E-state index contributed by atoms with van der Waals surface area (Å²) in [7, 11) is 1.93. The molecule has 3 aromatic rings. The maximum Gasteiger partial charge on any atom is 0.255 e. The first kappa shape index (κ1) is 16.0. The van der Waals surface area contributed by atoms with Crippen LogP contribution in [0, 0.1) is 6.92 Å². The van der Waals surface area contributed by atoms with Crippen LogP contribution < -0.4 is 15.3 Å². The minimum atomic E-state index is -0.319. The highest BCUT2D eigenvalue weighted by molar-refractivity contribution is 6.04. The molecule has 0 aromatic carbocycles. The number of aryl methyl sites for hydroxylation is 2. The quantitative estimate of drug-likeness (QED) is 0.549. The van der Waals surface area contributed by atoms with Crippen LogP contribution in [0.4, 0.5) is 11.6 Å². The first-order chi connectivity index (χ1) is 11.2. The third kappa shape index (κ3) is 3.22. The summed E-state index contributed by atoms with van der Waals surface area (Å²) >= 11 is 0. The lowest BCUT2D eigenvalue weighted by Crippen LogP contribution is -2.40. The number of amides is 1. The molecule has 3 heterocycles. The number of hydrogen-bond donors (Lipinski definition) is 4. The molecule has 0 radical (unpaired) electrons. The highest BCUT2D eigenvalue weighted by atomic mass is 16.1. The molecule has 0 saturated carbocycles. The Labute approximate surface area is 139 Å². The molecular formula is C16H22N7O+. The van der Waals surface area contributed by atoms with Gasteiger partial charge in [-0.2, -0.15) is 0 Å². The van der Waals surface area contributed by atoms with E-state index in [2.05, 4.69) is 30.7 Å². The van der Waals surface area contributed by atoms with E-state index in [1.54, 1.807) is 12.4 Å². The molecule has 0 aliphatic carbocycles. The number of rotatable bonds is 3. The van der Waals surface area contributed by atoms with Crippen LogP contribution in [0.2, 0.25) is 0 Å². The monoisotopic (exact) mass is 328 g/mol. The van der Waals surface area contributed by atoms with Gasteiger partial charge in [-0.1, -0.05) is 0 Å². The van der Waals surface area contributed by atoms with E-state index in [4.69, 9.17) is 0 Å². The van der Waals surface area contributed by atoms with Crippen LogP contribution in [0.5, 0.6) is 0 Å². The first-order valence-corrected chi connectivity index (χ1v) is 7.72. The van der Waals surface area contributed by atoms with Gasteiger partial charge in [0.15, 0.2) is 24.3 Å². The summed E-state index contributed by atoms with van der Waals surface area (Å²) in [6, 6.07) is 1.97. The third-order valence-electron chi connectivity index (χ3n) is 3.55. The summed E-state index contributed by atoms with van der Waals surface area (Å²) < 4.78 is 1.90. The number of carbonyl (C=O) groups excluding carboxylic acids is 1. The van der Waals surface area contributed by atoms with Gasteiger partial charge in [0, 0.05) is 18.7 Å². The second-order valence-electron chi connectivity index (χ2n) is 6.85. The van der Waals surface area contributed by atoms with E-state index in [0.29, 0.717) is 22.5 Å². The Balaban J connectivity index is 1.92. The molecule has 0 fully saturated rings. The van der Waals surface area contributed by atoms with Crippen LogP contribution in [-0.4, -0.2) is 31.5 Å². The Kier molecular flexibility index (Phi) is 3.75. The number of fused-ring (bicyclic) bond motifs is 1. The normalized spacial score (nSPS) is 11.7. The number of carbonyl (C=O) groups is 1. The minimum absolute atomic E-state index is 0.178. The molecule has 3 aromatic heterocycles. The molecule has 8 heteroatoms. The van der Waals surface area contributed by atoms with Crippen LogP contribution in [0.1, 0.15) is 36.8 Å². The number of nitrogens with one attached hydrogen (secondary N) is 4.